The highest BCUT2D eigenvalue weighted by Gasteiger charge is 2.16. The fourth-order valence-electron chi connectivity index (χ4n) is 1.28. The highest BCUT2D eigenvalue weighted by Crippen LogP contribution is 2.20. The first-order chi connectivity index (χ1) is 4.33. The van der Waals surface area contributed by atoms with Gasteiger partial charge < -0.3 is 10.5 Å². The van der Waals surface area contributed by atoms with Crippen molar-refractivity contribution < 1.29 is 4.79 Å². The Morgan fingerprint density at radius 2 is 1.78 bits per heavy atom. The molecule has 1 aliphatic rings. The van der Waals surface area contributed by atoms with Gasteiger partial charge in [0.15, 0.2) is 0 Å². The quantitative estimate of drug-likeness (QED) is 0.527. The molecule has 0 saturated heterocycles. The van der Waals surface area contributed by atoms with Gasteiger partial charge in [-0.05, 0) is 25.7 Å². The number of carbonyl (C=O) groups excluding carboxylic acids is 1. The van der Waals surface area contributed by atoms with Crippen LogP contribution in [0.5, 0.6) is 0 Å². The van der Waals surface area contributed by atoms with Crippen molar-refractivity contribution in [3.63, 3.8) is 0 Å². The van der Waals surface area contributed by atoms with Crippen LogP contribution in [0.2, 0.25) is 0 Å². The van der Waals surface area contributed by atoms with Crippen LogP contribution in [0.4, 0.5) is 0 Å². The summed E-state index contributed by atoms with van der Waals surface area (Å²) in [7, 11) is 0. The molecular formula is C7H13NO. The van der Waals surface area contributed by atoms with Crippen LogP contribution in [0.1, 0.15) is 25.7 Å². The molecule has 0 aromatic rings. The summed E-state index contributed by atoms with van der Waals surface area (Å²) < 4.78 is 0. The maximum atomic E-state index is 10.2. The number of nitrogens with two attached hydrogens (primary N) is 1. The molecule has 2 heteroatoms. The molecule has 0 aromatic heterocycles. The maximum Gasteiger partial charge on any atom is 0.123 e. The molecule has 0 unspecified atom stereocenters. The Balaban J connectivity index is 2.26. The lowest BCUT2D eigenvalue weighted by atomic mass is 9.88. The fraction of sp³-hybridized carbons (Fsp3) is 0.857. The first-order valence-corrected chi connectivity index (χ1v) is 3.54. The Hall–Kier alpha value is -0.370. The van der Waals surface area contributed by atoms with Crippen LogP contribution in [-0.4, -0.2) is 12.3 Å². The monoisotopic (exact) mass is 127 g/mol. The third kappa shape index (κ3) is 1.79. The van der Waals surface area contributed by atoms with E-state index in [1.165, 1.54) is 0 Å². The van der Waals surface area contributed by atoms with Gasteiger partial charge in [-0.25, -0.2) is 0 Å². The summed E-state index contributed by atoms with van der Waals surface area (Å²) in [6.45, 7) is 0. The average molecular weight is 127 g/mol. The molecule has 0 spiro atoms. The summed E-state index contributed by atoms with van der Waals surface area (Å²) in [6.07, 6.45) is 5.13. The van der Waals surface area contributed by atoms with E-state index in [1.807, 2.05) is 0 Å². The van der Waals surface area contributed by atoms with Crippen molar-refractivity contribution in [3.8, 4) is 0 Å². The van der Waals surface area contributed by atoms with Gasteiger partial charge in [0.05, 0.1) is 0 Å². The van der Waals surface area contributed by atoms with Crippen molar-refractivity contribution in [2.75, 3.05) is 0 Å². The minimum Gasteiger partial charge on any atom is -0.328 e. The van der Waals surface area contributed by atoms with Crippen molar-refractivity contribution in [1.29, 1.82) is 0 Å². The van der Waals surface area contributed by atoms with E-state index in [0.717, 1.165) is 32.0 Å². The number of carbonyl (C=O) groups is 1. The zero-order chi connectivity index (χ0) is 6.69. The van der Waals surface area contributed by atoms with Crippen LogP contribution in [0, 0.1) is 5.92 Å². The van der Waals surface area contributed by atoms with Gasteiger partial charge >= 0.3 is 0 Å². The van der Waals surface area contributed by atoms with Crippen molar-refractivity contribution in [2.45, 2.75) is 31.7 Å². The van der Waals surface area contributed by atoms with Gasteiger partial charge in [-0.2, -0.15) is 0 Å². The highest BCUT2D eigenvalue weighted by atomic mass is 16.1. The summed E-state index contributed by atoms with van der Waals surface area (Å²) >= 11 is 0. The molecular weight excluding hydrogens is 114 g/mol. The molecule has 2 N–H and O–H groups in total. The highest BCUT2D eigenvalue weighted by molar-refractivity contribution is 5.53. The SMILES string of the molecule is NC1CCC(C=O)CC1. The minimum absolute atomic E-state index is 0.310. The Labute approximate surface area is 55.4 Å². The third-order valence-corrected chi connectivity index (χ3v) is 2.01. The molecule has 0 heterocycles. The minimum atomic E-state index is 0.310. The van der Waals surface area contributed by atoms with Crippen LogP contribution in [0.25, 0.3) is 0 Å². The van der Waals surface area contributed by atoms with Gasteiger partial charge in [-0.3, -0.25) is 0 Å². The fourth-order valence-corrected chi connectivity index (χ4v) is 1.28. The van der Waals surface area contributed by atoms with E-state index in [0.29, 0.717) is 12.0 Å². The molecule has 0 amide bonds. The molecule has 1 fully saturated rings. The normalized spacial score (nSPS) is 36.1. The van der Waals surface area contributed by atoms with Crippen LogP contribution in [-0.2, 0) is 4.79 Å². The van der Waals surface area contributed by atoms with E-state index in [-0.39, 0.29) is 0 Å². The predicted octanol–water partition coefficient (Wildman–Crippen LogP) is 0.703. The van der Waals surface area contributed by atoms with Gasteiger partial charge in [0, 0.05) is 12.0 Å². The second-order valence-electron chi connectivity index (χ2n) is 2.81. The van der Waals surface area contributed by atoms with Crippen molar-refractivity contribution in [1.82, 2.24) is 0 Å². The zero-order valence-corrected chi connectivity index (χ0v) is 5.55. The van der Waals surface area contributed by atoms with Gasteiger partial charge in [0.2, 0.25) is 0 Å². The molecule has 0 aromatic carbocycles. The predicted molar refractivity (Wildman–Crippen MR) is 36.0 cm³/mol. The van der Waals surface area contributed by atoms with E-state index < -0.39 is 0 Å². The van der Waals surface area contributed by atoms with Crippen molar-refractivity contribution in [2.24, 2.45) is 11.7 Å². The Bertz CT molecular complexity index is 95.1. The van der Waals surface area contributed by atoms with E-state index in [1.54, 1.807) is 0 Å². The Morgan fingerprint density at radius 3 is 2.22 bits per heavy atom. The average Bonchev–Trinajstić information content (AvgIpc) is 1.90. The molecule has 1 aliphatic carbocycles. The summed E-state index contributed by atoms with van der Waals surface area (Å²) in [5.41, 5.74) is 5.64. The second-order valence-corrected chi connectivity index (χ2v) is 2.81. The molecule has 9 heavy (non-hydrogen) atoms. The lowest BCUT2D eigenvalue weighted by molar-refractivity contribution is -0.111. The molecule has 0 bridgehead atoms. The van der Waals surface area contributed by atoms with Crippen LogP contribution < -0.4 is 5.73 Å². The van der Waals surface area contributed by atoms with Gasteiger partial charge in [-0.1, -0.05) is 0 Å². The summed E-state index contributed by atoms with van der Waals surface area (Å²) in [5, 5.41) is 0. The molecule has 1 rings (SSSR count). The van der Waals surface area contributed by atoms with Crippen molar-refractivity contribution in [3.05, 3.63) is 0 Å². The molecule has 1 saturated carbocycles. The zero-order valence-electron chi connectivity index (χ0n) is 5.55. The molecule has 0 radical (unpaired) electrons. The van der Waals surface area contributed by atoms with E-state index in [9.17, 15) is 4.79 Å². The van der Waals surface area contributed by atoms with E-state index in [4.69, 9.17) is 5.73 Å². The third-order valence-electron chi connectivity index (χ3n) is 2.01. The topological polar surface area (TPSA) is 43.1 Å². The van der Waals surface area contributed by atoms with Gasteiger partial charge in [0.25, 0.3) is 0 Å². The number of rotatable bonds is 1. The Morgan fingerprint density at radius 1 is 1.22 bits per heavy atom. The van der Waals surface area contributed by atoms with Crippen molar-refractivity contribution >= 4 is 6.29 Å². The van der Waals surface area contributed by atoms with Crippen LogP contribution in [0.3, 0.4) is 0 Å². The second kappa shape index (κ2) is 2.97. The molecule has 0 aliphatic heterocycles. The van der Waals surface area contributed by atoms with E-state index in [2.05, 4.69) is 0 Å². The summed E-state index contributed by atoms with van der Waals surface area (Å²) in [5.74, 6) is 0.310. The number of hydrogen-bond acceptors (Lipinski definition) is 2. The van der Waals surface area contributed by atoms with Crippen LogP contribution in [0.15, 0.2) is 0 Å². The van der Waals surface area contributed by atoms with Gasteiger partial charge in [-0.15, -0.1) is 0 Å². The standard InChI is InChI=1S/C7H13NO/c8-7-3-1-6(5-9)2-4-7/h5-7H,1-4,8H2. The lowest BCUT2D eigenvalue weighted by Gasteiger charge is -2.21. The number of hydrogen-bond donors (Lipinski definition) is 1. The van der Waals surface area contributed by atoms with Crippen LogP contribution >= 0.6 is 0 Å². The summed E-state index contributed by atoms with van der Waals surface area (Å²) in [6, 6.07) is 0.362. The smallest absolute Gasteiger partial charge is 0.123 e. The maximum absolute atomic E-state index is 10.2. The molecule has 2 nitrogen and oxygen atoms in total. The molecule has 52 valence electrons. The summed E-state index contributed by atoms with van der Waals surface area (Å²) in [4.78, 5) is 10.2. The largest absolute Gasteiger partial charge is 0.328 e. The molecule has 0 atom stereocenters. The lowest BCUT2D eigenvalue weighted by Crippen LogP contribution is -2.26. The van der Waals surface area contributed by atoms with E-state index >= 15 is 0 Å². The van der Waals surface area contributed by atoms with Gasteiger partial charge in [0.1, 0.15) is 6.29 Å². The first kappa shape index (κ1) is 6.75. The Kier molecular flexibility index (Phi) is 2.22. The first-order valence-electron chi connectivity index (χ1n) is 3.54. The number of aldehydes is 1.